The summed E-state index contributed by atoms with van der Waals surface area (Å²) in [5, 5.41) is 6.80. The minimum Gasteiger partial charge on any atom is -0.438 e. The lowest BCUT2D eigenvalue weighted by atomic mass is 10.1. The molecule has 0 bridgehead atoms. The molecule has 0 saturated carbocycles. The molecule has 0 aliphatic heterocycles. The van der Waals surface area contributed by atoms with Gasteiger partial charge in [0.05, 0.1) is 12.1 Å². The van der Waals surface area contributed by atoms with Crippen molar-refractivity contribution in [3.63, 3.8) is 0 Å². The second-order valence-electron chi connectivity index (χ2n) is 6.55. The summed E-state index contributed by atoms with van der Waals surface area (Å²) in [7, 11) is 0. The Kier molecular flexibility index (Phi) is 5.54. The van der Waals surface area contributed by atoms with Gasteiger partial charge in [0.15, 0.2) is 0 Å². The van der Waals surface area contributed by atoms with Crippen molar-refractivity contribution in [1.82, 2.24) is 15.5 Å². The molecule has 1 aromatic carbocycles. The summed E-state index contributed by atoms with van der Waals surface area (Å²) in [5.41, 5.74) is 4.45. The summed E-state index contributed by atoms with van der Waals surface area (Å²) in [6.45, 7) is 7.96. The zero-order valence-electron chi connectivity index (χ0n) is 16.0. The second-order valence-corrected chi connectivity index (χ2v) is 6.55. The third-order valence-electron chi connectivity index (χ3n) is 4.45. The smallest absolute Gasteiger partial charge is 0.224 e. The Morgan fingerprint density at radius 1 is 1.11 bits per heavy atom. The van der Waals surface area contributed by atoms with Crippen LogP contribution < -0.4 is 10.1 Å². The highest BCUT2D eigenvalue weighted by Crippen LogP contribution is 2.29. The molecule has 0 fully saturated rings. The van der Waals surface area contributed by atoms with Gasteiger partial charge in [0.1, 0.15) is 11.5 Å². The fourth-order valence-electron chi connectivity index (χ4n) is 2.88. The monoisotopic (exact) mass is 365 g/mol. The molecule has 6 nitrogen and oxygen atoms in total. The average Bonchev–Trinajstić information content (AvgIpc) is 2.96. The number of nitrogens with one attached hydrogen (secondary N) is 1. The summed E-state index contributed by atoms with van der Waals surface area (Å²) in [4.78, 5) is 16.7. The molecule has 140 valence electrons. The van der Waals surface area contributed by atoms with Gasteiger partial charge in [0.25, 0.3) is 0 Å². The summed E-state index contributed by atoms with van der Waals surface area (Å²) in [6, 6.07) is 9.71. The zero-order chi connectivity index (χ0) is 19.4. The van der Waals surface area contributed by atoms with Crippen LogP contribution in [0.15, 0.2) is 41.1 Å². The van der Waals surface area contributed by atoms with Gasteiger partial charge >= 0.3 is 0 Å². The predicted octanol–water partition coefficient (Wildman–Crippen LogP) is 3.95. The largest absolute Gasteiger partial charge is 0.438 e. The zero-order valence-corrected chi connectivity index (χ0v) is 16.0. The molecule has 0 radical (unpaired) electrons. The van der Waals surface area contributed by atoms with E-state index in [0.29, 0.717) is 18.2 Å². The first-order valence-corrected chi connectivity index (χ1v) is 8.82. The fraction of sp³-hybridized carbons (Fsp3) is 0.286. The van der Waals surface area contributed by atoms with Gasteiger partial charge in [-0.25, -0.2) is 4.98 Å². The van der Waals surface area contributed by atoms with E-state index in [1.54, 1.807) is 13.1 Å². The second kappa shape index (κ2) is 8.03. The number of carbonyl (C=O) groups excluding carboxylic acids is 1. The molecule has 0 spiro atoms. The minimum absolute atomic E-state index is 0.105. The van der Waals surface area contributed by atoms with Crippen molar-refractivity contribution >= 4 is 5.91 Å². The van der Waals surface area contributed by atoms with E-state index in [1.165, 1.54) is 0 Å². The lowest BCUT2D eigenvalue weighted by Gasteiger charge is -2.14. The van der Waals surface area contributed by atoms with Crippen LogP contribution in [0.25, 0.3) is 0 Å². The van der Waals surface area contributed by atoms with E-state index in [4.69, 9.17) is 9.26 Å². The highest BCUT2D eigenvalue weighted by atomic mass is 16.5. The molecule has 2 aromatic heterocycles. The Hall–Kier alpha value is -3.15. The van der Waals surface area contributed by atoms with Crippen LogP contribution >= 0.6 is 0 Å². The molecule has 0 aliphatic carbocycles. The first-order chi connectivity index (χ1) is 13.0. The standard InChI is InChI=1S/C21H23N3O3/c1-13-7-5-8-14(2)20(13)26-21-17(9-6-10-22-21)12-23-19(25)11-18-15(3)24-27-16(18)4/h5-10H,11-12H2,1-4H3,(H,23,25). The molecule has 3 rings (SSSR count). The first kappa shape index (κ1) is 18.6. The first-order valence-electron chi connectivity index (χ1n) is 8.82. The fourth-order valence-corrected chi connectivity index (χ4v) is 2.88. The topological polar surface area (TPSA) is 77.2 Å². The predicted molar refractivity (Wildman–Crippen MR) is 102 cm³/mol. The number of benzene rings is 1. The third kappa shape index (κ3) is 4.34. The molecule has 2 heterocycles. The molecular formula is C21H23N3O3. The number of hydrogen-bond donors (Lipinski definition) is 1. The summed E-state index contributed by atoms with van der Waals surface area (Å²) < 4.78 is 11.2. The molecule has 6 heteroatoms. The quantitative estimate of drug-likeness (QED) is 0.715. The summed E-state index contributed by atoms with van der Waals surface area (Å²) in [5.74, 6) is 1.85. The van der Waals surface area contributed by atoms with Crippen LogP contribution in [0.5, 0.6) is 11.6 Å². The number of nitrogens with zero attached hydrogens (tertiary/aromatic N) is 2. The van der Waals surface area contributed by atoms with Gasteiger partial charge in [-0.15, -0.1) is 0 Å². The van der Waals surface area contributed by atoms with E-state index in [9.17, 15) is 4.79 Å². The maximum atomic E-state index is 12.3. The molecule has 3 aromatic rings. The van der Waals surface area contributed by atoms with Crippen LogP contribution in [-0.2, 0) is 17.8 Å². The number of pyridine rings is 1. The highest BCUT2D eigenvalue weighted by molar-refractivity contribution is 5.79. The number of para-hydroxylation sites is 1. The van der Waals surface area contributed by atoms with E-state index in [1.807, 2.05) is 51.1 Å². The van der Waals surface area contributed by atoms with Gasteiger partial charge in [0.2, 0.25) is 11.8 Å². The molecule has 0 aliphatic rings. The van der Waals surface area contributed by atoms with Gasteiger partial charge in [-0.2, -0.15) is 0 Å². The molecular weight excluding hydrogens is 342 g/mol. The average molecular weight is 365 g/mol. The number of aromatic nitrogens is 2. The van der Waals surface area contributed by atoms with E-state index < -0.39 is 0 Å². The van der Waals surface area contributed by atoms with E-state index in [-0.39, 0.29) is 12.3 Å². The van der Waals surface area contributed by atoms with Crippen LogP contribution in [-0.4, -0.2) is 16.0 Å². The highest BCUT2D eigenvalue weighted by Gasteiger charge is 2.15. The van der Waals surface area contributed by atoms with Crippen molar-refractivity contribution in [1.29, 1.82) is 0 Å². The van der Waals surface area contributed by atoms with Crippen LogP contribution in [0.3, 0.4) is 0 Å². The van der Waals surface area contributed by atoms with Crippen molar-refractivity contribution in [3.8, 4) is 11.6 Å². The number of rotatable bonds is 6. The minimum atomic E-state index is -0.105. The molecule has 1 amide bonds. The van der Waals surface area contributed by atoms with Crippen LogP contribution in [0.4, 0.5) is 0 Å². The van der Waals surface area contributed by atoms with Crippen LogP contribution in [0.1, 0.15) is 33.7 Å². The Balaban J connectivity index is 1.70. The van der Waals surface area contributed by atoms with Gasteiger partial charge in [-0.1, -0.05) is 29.4 Å². The Bertz CT molecular complexity index is 923. The molecule has 1 N–H and O–H groups in total. The summed E-state index contributed by atoms with van der Waals surface area (Å²) in [6.07, 6.45) is 1.91. The number of aryl methyl sites for hydroxylation is 4. The van der Waals surface area contributed by atoms with Gasteiger partial charge in [-0.3, -0.25) is 4.79 Å². The lowest BCUT2D eigenvalue weighted by molar-refractivity contribution is -0.120. The van der Waals surface area contributed by atoms with Gasteiger partial charge in [-0.05, 0) is 44.9 Å². The molecule has 27 heavy (non-hydrogen) atoms. The van der Waals surface area contributed by atoms with Gasteiger partial charge in [0, 0.05) is 23.9 Å². The Morgan fingerprint density at radius 3 is 2.52 bits per heavy atom. The molecule has 0 unspecified atom stereocenters. The Morgan fingerprint density at radius 2 is 1.85 bits per heavy atom. The van der Waals surface area contributed by atoms with Crippen molar-refractivity contribution in [2.75, 3.05) is 0 Å². The lowest BCUT2D eigenvalue weighted by Crippen LogP contribution is -2.25. The number of ether oxygens (including phenoxy) is 1. The van der Waals surface area contributed by atoms with E-state index in [0.717, 1.165) is 33.7 Å². The van der Waals surface area contributed by atoms with Crippen LogP contribution in [0, 0.1) is 27.7 Å². The van der Waals surface area contributed by atoms with E-state index in [2.05, 4.69) is 15.5 Å². The van der Waals surface area contributed by atoms with Gasteiger partial charge < -0.3 is 14.6 Å². The number of hydrogen-bond acceptors (Lipinski definition) is 5. The maximum Gasteiger partial charge on any atom is 0.224 e. The van der Waals surface area contributed by atoms with Crippen molar-refractivity contribution in [2.24, 2.45) is 0 Å². The number of carbonyl (C=O) groups is 1. The normalized spacial score (nSPS) is 10.7. The Labute approximate surface area is 158 Å². The molecule has 0 saturated heterocycles. The van der Waals surface area contributed by atoms with Crippen molar-refractivity contribution < 1.29 is 14.1 Å². The van der Waals surface area contributed by atoms with Crippen molar-refractivity contribution in [3.05, 3.63) is 70.2 Å². The van der Waals surface area contributed by atoms with E-state index >= 15 is 0 Å². The third-order valence-corrected chi connectivity index (χ3v) is 4.45. The summed E-state index contributed by atoms with van der Waals surface area (Å²) >= 11 is 0. The SMILES string of the molecule is Cc1cccc(C)c1Oc1ncccc1CNC(=O)Cc1c(C)noc1C. The van der Waals surface area contributed by atoms with Crippen molar-refractivity contribution in [2.45, 2.75) is 40.7 Å². The number of amides is 1. The molecule has 0 atom stereocenters. The van der Waals surface area contributed by atoms with Crippen LogP contribution in [0.2, 0.25) is 0 Å². The maximum absolute atomic E-state index is 12.3.